The van der Waals surface area contributed by atoms with E-state index in [9.17, 15) is 13.2 Å². The molecule has 2 aliphatic rings. The fraction of sp³-hybridized carbons (Fsp3) is 0.440. The summed E-state index contributed by atoms with van der Waals surface area (Å²) in [6.07, 6.45) is 7.94. The molecule has 0 spiro atoms. The fourth-order valence-electron chi connectivity index (χ4n) is 4.50. The number of amidine groups is 1. The van der Waals surface area contributed by atoms with Crippen molar-refractivity contribution in [2.75, 3.05) is 11.9 Å². The number of anilines is 1. The summed E-state index contributed by atoms with van der Waals surface area (Å²) in [5, 5.41) is 1.88. The van der Waals surface area contributed by atoms with Gasteiger partial charge >= 0.3 is 0 Å². The second-order valence-electron chi connectivity index (χ2n) is 10.2. The van der Waals surface area contributed by atoms with Gasteiger partial charge in [0.25, 0.3) is 5.91 Å². The van der Waals surface area contributed by atoms with Gasteiger partial charge in [0.05, 0.1) is 17.6 Å². The average molecular weight is 512 g/mol. The van der Waals surface area contributed by atoms with E-state index in [4.69, 9.17) is 26.6 Å². The molecule has 3 N–H and O–H groups in total. The van der Waals surface area contributed by atoms with Crippen LogP contribution in [0.4, 0.5) is 5.69 Å². The number of benzene rings is 1. The third kappa shape index (κ3) is 4.15. The molecule has 2 aromatic rings. The molecule has 4 rings (SSSR count). The number of fused-ring (bicyclic) bond motifs is 3. The summed E-state index contributed by atoms with van der Waals surface area (Å²) in [5.74, 6) is 2.52. The molecule has 0 radical (unpaired) electrons. The summed E-state index contributed by atoms with van der Waals surface area (Å²) in [6, 6.07) is 5.04. The van der Waals surface area contributed by atoms with Crippen LogP contribution >= 0.6 is 0 Å². The van der Waals surface area contributed by atoms with E-state index in [-0.39, 0.29) is 30.4 Å². The number of sulfone groups is 1. The molecule has 1 aromatic heterocycles. The summed E-state index contributed by atoms with van der Waals surface area (Å²) in [4.78, 5) is 25.6. The highest BCUT2D eigenvalue weighted by molar-refractivity contribution is 7.94. The van der Waals surface area contributed by atoms with E-state index in [1.807, 2.05) is 13.8 Å². The maximum absolute atomic E-state index is 13.8. The van der Waals surface area contributed by atoms with Gasteiger partial charge in [-0.25, -0.2) is 18.4 Å². The Morgan fingerprint density at radius 3 is 2.61 bits per heavy atom. The number of nitrogens with two attached hydrogens (primary N) is 1. The van der Waals surface area contributed by atoms with Crippen molar-refractivity contribution in [2.24, 2.45) is 10.7 Å². The van der Waals surface area contributed by atoms with Crippen LogP contribution in [0, 0.1) is 12.3 Å². The van der Waals surface area contributed by atoms with Crippen molar-refractivity contribution in [2.45, 2.75) is 62.2 Å². The summed E-state index contributed by atoms with van der Waals surface area (Å²) in [7, 11) is -3.76. The predicted octanol–water partition coefficient (Wildman–Crippen LogP) is 2.45. The van der Waals surface area contributed by atoms with E-state index in [0.29, 0.717) is 17.0 Å². The number of rotatable bonds is 4. The molecule has 1 amide bonds. The van der Waals surface area contributed by atoms with Crippen molar-refractivity contribution in [3.63, 3.8) is 0 Å². The van der Waals surface area contributed by atoms with Gasteiger partial charge in [-0.3, -0.25) is 9.79 Å². The van der Waals surface area contributed by atoms with Gasteiger partial charge in [0.2, 0.25) is 5.88 Å². The minimum absolute atomic E-state index is 0.0313. The van der Waals surface area contributed by atoms with Crippen molar-refractivity contribution < 1.29 is 22.7 Å². The number of hydrogen-bond donors (Lipinski definition) is 2. The monoisotopic (exact) mass is 511 g/mol. The zero-order valence-electron chi connectivity index (χ0n) is 20.8. The molecule has 0 saturated carbocycles. The van der Waals surface area contributed by atoms with Gasteiger partial charge in [0, 0.05) is 17.7 Å². The number of nitrogens with one attached hydrogen (secondary N) is 1. The molecule has 1 aromatic carbocycles. The lowest BCUT2D eigenvalue weighted by atomic mass is 9.84. The quantitative estimate of drug-likeness (QED) is 0.595. The van der Waals surface area contributed by atoms with Gasteiger partial charge in [-0.2, -0.15) is 0 Å². The third-order valence-electron chi connectivity index (χ3n) is 6.69. The predicted molar refractivity (Wildman–Crippen MR) is 136 cm³/mol. The Kier molecular flexibility index (Phi) is 5.99. The number of aromatic nitrogens is 2. The summed E-state index contributed by atoms with van der Waals surface area (Å²) in [6.45, 7) is 8.61. The number of ether oxygens (including phenoxy) is 2. The Morgan fingerprint density at radius 2 is 1.97 bits per heavy atom. The number of amides is 1. The minimum Gasteiger partial charge on any atom is -0.487 e. The highest BCUT2D eigenvalue weighted by Crippen LogP contribution is 2.51. The van der Waals surface area contributed by atoms with Crippen molar-refractivity contribution >= 4 is 27.3 Å². The van der Waals surface area contributed by atoms with Gasteiger partial charge in [0.1, 0.15) is 33.2 Å². The molecule has 3 heterocycles. The molecule has 0 bridgehead atoms. The molecule has 10 nitrogen and oxygen atoms in total. The number of hydrogen-bond acceptors (Lipinski definition) is 9. The van der Waals surface area contributed by atoms with Gasteiger partial charge in [-0.05, 0) is 52.8 Å². The van der Waals surface area contributed by atoms with Crippen molar-refractivity contribution in [3.8, 4) is 24.0 Å². The lowest BCUT2D eigenvalue weighted by molar-refractivity contribution is 0.101. The van der Waals surface area contributed by atoms with Crippen LogP contribution in [0.5, 0.6) is 11.6 Å². The second kappa shape index (κ2) is 8.48. The highest BCUT2D eigenvalue weighted by Gasteiger charge is 2.59. The van der Waals surface area contributed by atoms with Crippen molar-refractivity contribution in [1.29, 1.82) is 0 Å². The molecule has 2 aliphatic heterocycles. The molecule has 0 unspecified atom stereocenters. The van der Waals surface area contributed by atoms with Crippen LogP contribution in [-0.2, 0) is 15.4 Å². The van der Waals surface area contributed by atoms with Crippen molar-refractivity contribution in [3.05, 3.63) is 41.9 Å². The molecular weight excluding hydrogens is 482 g/mol. The molecule has 0 saturated heterocycles. The van der Waals surface area contributed by atoms with Crippen LogP contribution in [0.2, 0.25) is 0 Å². The summed E-state index contributed by atoms with van der Waals surface area (Å²) >= 11 is 0. The Bertz CT molecular complexity index is 1390. The topological polar surface area (TPSA) is 146 Å². The summed E-state index contributed by atoms with van der Waals surface area (Å²) < 4.78 is 37.6. The van der Waals surface area contributed by atoms with Gasteiger partial charge < -0.3 is 20.5 Å². The van der Waals surface area contributed by atoms with E-state index in [1.54, 1.807) is 39.0 Å². The maximum atomic E-state index is 13.8. The van der Waals surface area contributed by atoms with Crippen molar-refractivity contribution in [1.82, 2.24) is 9.97 Å². The molecular formula is C25H29N5O5S. The van der Waals surface area contributed by atoms with E-state index >= 15 is 0 Å². The highest BCUT2D eigenvalue weighted by atomic mass is 32.2. The zero-order valence-corrected chi connectivity index (χ0v) is 21.6. The van der Waals surface area contributed by atoms with Crippen LogP contribution in [0.25, 0.3) is 0 Å². The molecule has 0 fully saturated rings. The van der Waals surface area contributed by atoms with Gasteiger partial charge in [-0.1, -0.05) is 5.92 Å². The Hall–Kier alpha value is -3.65. The third-order valence-corrected chi connectivity index (χ3v) is 9.70. The normalized spacial score (nSPS) is 25.0. The van der Waals surface area contributed by atoms with Crippen LogP contribution in [0.15, 0.2) is 35.6 Å². The largest absolute Gasteiger partial charge is 0.487 e. The first kappa shape index (κ1) is 25.4. The molecule has 11 heteroatoms. The smallest absolute Gasteiger partial charge is 0.275 e. The number of carbonyl (C=O) groups excluding carboxylic acids is 1. The van der Waals surface area contributed by atoms with E-state index < -0.39 is 36.9 Å². The van der Waals surface area contributed by atoms with E-state index in [0.717, 1.165) is 0 Å². The Labute approximate surface area is 210 Å². The Morgan fingerprint density at radius 1 is 1.25 bits per heavy atom. The number of terminal acetylenes is 1. The van der Waals surface area contributed by atoms with Gasteiger partial charge in [-0.15, -0.1) is 6.42 Å². The first-order valence-corrected chi connectivity index (χ1v) is 12.9. The molecule has 190 valence electrons. The molecule has 36 heavy (non-hydrogen) atoms. The van der Waals surface area contributed by atoms with Crippen LogP contribution in [0.1, 0.15) is 57.1 Å². The number of carbonyl (C=O) groups is 1. The van der Waals surface area contributed by atoms with E-state index in [2.05, 4.69) is 21.2 Å². The van der Waals surface area contributed by atoms with Crippen LogP contribution < -0.4 is 20.5 Å². The van der Waals surface area contributed by atoms with Crippen LogP contribution in [-0.4, -0.2) is 52.3 Å². The summed E-state index contributed by atoms with van der Waals surface area (Å²) in [5.41, 5.74) is 5.19. The molecule has 0 aliphatic carbocycles. The fourth-order valence-corrected chi connectivity index (χ4v) is 6.95. The first-order chi connectivity index (χ1) is 16.7. The Balaban J connectivity index is 1.74. The lowest BCUT2D eigenvalue weighted by Crippen LogP contribution is -2.60. The SMILES string of the molecule is C#CCOc1cnc(C(=O)Nc2ccc3c(c2)[C@@]2(C)N=C(N)C(C)(C)S(=O)(=O)[C@@H]2CC(C)(C)O3)cn1. The second-order valence-corrected chi connectivity index (χ2v) is 12.8. The maximum Gasteiger partial charge on any atom is 0.275 e. The molecule has 2 atom stereocenters. The van der Waals surface area contributed by atoms with Gasteiger partial charge in [0.15, 0.2) is 16.4 Å². The average Bonchev–Trinajstić information content (AvgIpc) is 2.89. The lowest BCUT2D eigenvalue weighted by Gasteiger charge is -2.44. The minimum atomic E-state index is -3.76. The zero-order chi connectivity index (χ0) is 26.5. The standard InChI is InChI=1S/C25H29N5O5S/c1-7-10-34-20-14-27-17(13-28-20)21(31)29-15-8-9-18-16(11-15)25(6)19(12-23(2,3)35-18)36(32,33)24(4,5)22(26)30-25/h1,8-9,11,13-14,19H,10,12H2,2-6H3,(H2,26,30)(H,29,31)/t19-,25-/m1/s1. The first-order valence-electron chi connectivity index (χ1n) is 11.3. The number of nitrogens with zero attached hydrogens (tertiary/aromatic N) is 3. The number of aliphatic imine (C=N–C) groups is 1. The van der Waals surface area contributed by atoms with Crippen LogP contribution in [0.3, 0.4) is 0 Å². The van der Waals surface area contributed by atoms with E-state index in [1.165, 1.54) is 12.4 Å².